The van der Waals surface area contributed by atoms with E-state index in [1.54, 1.807) is 11.2 Å². The second kappa shape index (κ2) is 7.92. The Morgan fingerprint density at radius 3 is 2.10 bits per heavy atom. The molecular formula is C16H28N2O2S. The van der Waals surface area contributed by atoms with Gasteiger partial charge in [-0.3, -0.25) is 0 Å². The molecule has 1 aromatic rings. The Hall–Kier alpha value is -0.910. The number of rotatable bonds is 8. The fraction of sp³-hybridized carbons (Fsp3) is 0.625. The summed E-state index contributed by atoms with van der Waals surface area (Å²) in [5.74, 6) is 0. The summed E-state index contributed by atoms with van der Waals surface area (Å²) in [5, 5.41) is 2.76. The smallest absolute Gasteiger partial charge is 0.218 e. The number of nitrogens with zero attached hydrogens (tertiary/aromatic N) is 1. The molecule has 0 saturated carbocycles. The van der Waals surface area contributed by atoms with Crippen molar-refractivity contribution in [1.29, 1.82) is 0 Å². The van der Waals surface area contributed by atoms with E-state index in [2.05, 4.69) is 5.32 Å². The SMILES string of the molecule is CC(C)NCC(C)S(=O)(=O)N(Cc1ccccc1)C(C)C. The largest absolute Gasteiger partial charge is 0.313 e. The molecule has 0 radical (unpaired) electrons. The Labute approximate surface area is 129 Å². The number of sulfonamides is 1. The van der Waals surface area contributed by atoms with Crippen LogP contribution < -0.4 is 5.32 Å². The highest BCUT2D eigenvalue weighted by Crippen LogP contribution is 2.17. The number of nitrogens with one attached hydrogen (secondary N) is 1. The Balaban J connectivity index is 2.88. The van der Waals surface area contributed by atoms with Crippen LogP contribution in [0.4, 0.5) is 0 Å². The van der Waals surface area contributed by atoms with E-state index in [0.717, 1.165) is 5.56 Å². The molecule has 1 unspecified atom stereocenters. The Bertz CT molecular complexity index is 512. The topological polar surface area (TPSA) is 49.4 Å². The van der Waals surface area contributed by atoms with Crippen molar-refractivity contribution in [3.63, 3.8) is 0 Å². The average molecular weight is 312 g/mol. The van der Waals surface area contributed by atoms with Crippen LogP contribution in [0.5, 0.6) is 0 Å². The highest BCUT2D eigenvalue weighted by atomic mass is 32.2. The van der Waals surface area contributed by atoms with Gasteiger partial charge in [0.1, 0.15) is 0 Å². The molecule has 0 fully saturated rings. The predicted molar refractivity (Wildman–Crippen MR) is 88.6 cm³/mol. The Morgan fingerprint density at radius 1 is 1.05 bits per heavy atom. The zero-order valence-corrected chi connectivity index (χ0v) is 14.5. The van der Waals surface area contributed by atoms with Gasteiger partial charge in [0.15, 0.2) is 0 Å². The average Bonchev–Trinajstić information content (AvgIpc) is 2.42. The first-order valence-corrected chi connectivity index (χ1v) is 9.03. The van der Waals surface area contributed by atoms with Gasteiger partial charge in [-0.15, -0.1) is 0 Å². The first-order chi connectivity index (χ1) is 9.75. The number of hydrogen-bond donors (Lipinski definition) is 1. The van der Waals surface area contributed by atoms with Crippen LogP contribution >= 0.6 is 0 Å². The van der Waals surface area contributed by atoms with Gasteiger partial charge in [0.05, 0.1) is 5.25 Å². The molecule has 0 aromatic heterocycles. The molecule has 0 aliphatic carbocycles. The van der Waals surface area contributed by atoms with E-state index in [9.17, 15) is 8.42 Å². The lowest BCUT2D eigenvalue weighted by Gasteiger charge is -2.29. The zero-order valence-electron chi connectivity index (χ0n) is 13.7. The van der Waals surface area contributed by atoms with E-state index in [1.807, 2.05) is 58.0 Å². The summed E-state index contributed by atoms with van der Waals surface area (Å²) >= 11 is 0. The van der Waals surface area contributed by atoms with Gasteiger partial charge >= 0.3 is 0 Å². The van der Waals surface area contributed by atoms with Crippen molar-refractivity contribution in [3.05, 3.63) is 35.9 Å². The standard InChI is InChI=1S/C16H28N2O2S/c1-13(2)17-11-15(5)21(19,20)18(14(3)4)12-16-9-7-6-8-10-16/h6-10,13-15,17H,11-12H2,1-5H3. The van der Waals surface area contributed by atoms with Gasteiger partial charge in [-0.05, 0) is 26.3 Å². The fourth-order valence-electron chi connectivity index (χ4n) is 2.07. The van der Waals surface area contributed by atoms with Gasteiger partial charge in [0, 0.05) is 25.2 Å². The van der Waals surface area contributed by atoms with Crippen LogP contribution in [-0.2, 0) is 16.6 Å². The van der Waals surface area contributed by atoms with Crippen LogP contribution in [0.1, 0.15) is 40.2 Å². The molecule has 4 nitrogen and oxygen atoms in total. The molecule has 0 spiro atoms. The van der Waals surface area contributed by atoms with Gasteiger partial charge in [-0.25, -0.2) is 8.42 Å². The van der Waals surface area contributed by atoms with Crippen LogP contribution in [0.3, 0.4) is 0 Å². The van der Waals surface area contributed by atoms with Crippen LogP contribution in [0, 0.1) is 0 Å². The van der Waals surface area contributed by atoms with Crippen LogP contribution in [-0.4, -0.2) is 36.6 Å². The second-order valence-electron chi connectivity index (χ2n) is 6.04. The predicted octanol–water partition coefficient (Wildman–Crippen LogP) is 2.61. The molecule has 0 heterocycles. The van der Waals surface area contributed by atoms with E-state index in [1.165, 1.54) is 0 Å². The first-order valence-electron chi connectivity index (χ1n) is 7.53. The van der Waals surface area contributed by atoms with E-state index in [-0.39, 0.29) is 12.1 Å². The Kier molecular flexibility index (Phi) is 6.84. The van der Waals surface area contributed by atoms with Gasteiger partial charge in [0.25, 0.3) is 0 Å². The summed E-state index contributed by atoms with van der Waals surface area (Å²) < 4.78 is 27.1. The van der Waals surface area contributed by atoms with Crippen molar-refractivity contribution in [1.82, 2.24) is 9.62 Å². The van der Waals surface area contributed by atoms with E-state index < -0.39 is 15.3 Å². The molecule has 1 rings (SSSR count). The third-order valence-corrected chi connectivity index (χ3v) is 5.79. The van der Waals surface area contributed by atoms with Crippen LogP contribution in [0.2, 0.25) is 0 Å². The normalized spacial score (nSPS) is 14.1. The van der Waals surface area contributed by atoms with Gasteiger partial charge in [-0.2, -0.15) is 4.31 Å². The molecule has 5 heteroatoms. The molecular weight excluding hydrogens is 284 g/mol. The third kappa shape index (κ3) is 5.41. The van der Waals surface area contributed by atoms with Crippen molar-refractivity contribution in [2.45, 2.75) is 58.5 Å². The van der Waals surface area contributed by atoms with Gasteiger partial charge in [0.2, 0.25) is 10.0 Å². The minimum absolute atomic E-state index is 0.0586. The van der Waals surface area contributed by atoms with Crippen molar-refractivity contribution in [2.24, 2.45) is 0 Å². The summed E-state index contributed by atoms with van der Waals surface area (Å²) in [5.41, 5.74) is 1.01. The van der Waals surface area contributed by atoms with Crippen molar-refractivity contribution in [2.75, 3.05) is 6.54 Å². The van der Waals surface area contributed by atoms with E-state index in [4.69, 9.17) is 0 Å². The molecule has 0 amide bonds. The highest BCUT2D eigenvalue weighted by molar-refractivity contribution is 7.89. The molecule has 0 bridgehead atoms. The fourth-order valence-corrected chi connectivity index (χ4v) is 3.75. The maximum atomic E-state index is 12.8. The summed E-state index contributed by atoms with van der Waals surface area (Å²) in [6.45, 7) is 10.5. The van der Waals surface area contributed by atoms with Gasteiger partial charge < -0.3 is 5.32 Å². The lowest BCUT2D eigenvalue weighted by Crippen LogP contribution is -2.45. The summed E-state index contributed by atoms with van der Waals surface area (Å²) in [7, 11) is -3.32. The maximum Gasteiger partial charge on any atom is 0.218 e. The van der Waals surface area contributed by atoms with Crippen LogP contribution in [0.25, 0.3) is 0 Å². The molecule has 1 aromatic carbocycles. The molecule has 21 heavy (non-hydrogen) atoms. The Morgan fingerprint density at radius 2 is 1.62 bits per heavy atom. The van der Waals surface area contributed by atoms with Crippen molar-refractivity contribution in [3.8, 4) is 0 Å². The van der Waals surface area contributed by atoms with Crippen LogP contribution in [0.15, 0.2) is 30.3 Å². The third-order valence-electron chi connectivity index (χ3n) is 3.41. The molecule has 1 atom stereocenters. The quantitative estimate of drug-likeness (QED) is 0.803. The molecule has 120 valence electrons. The molecule has 0 aliphatic heterocycles. The zero-order chi connectivity index (χ0) is 16.0. The summed E-state index contributed by atoms with van der Waals surface area (Å²) in [6, 6.07) is 9.95. The molecule has 0 saturated heterocycles. The highest BCUT2D eigenvalue weighted by Gasteiger charge is 2.30. The van der Waals surface area contributed by atoms with Crippen molar-refractivity contribution >= 4 is 10.0 Å². The molecule has 0 aliphatic rings. The van der Waals surface area contributed by atoms with E-state index in [0.29, 0.717) is 13.1 Å². The van der Waals surface area contributed by atoms with E-state index >= 15 is 0 Å². The van der Waals surface area contributed by atoms with Crippen molar-refractivity contribution < 1.29 is 8.42 Å². The lowest BCUT2D eigenvalue weighted by atomic mass is 10.2. The summed E-state index contributed by atoms with van der Waals surface area (Å²) in [4.78, 5) is 0. The number of hydrogen-bond acceptors (Lipinski definition) is 3. The number of benzene rings is 1. The van der Waals surface area contributed by atoms with Gasteiger partial charge in [-0.1, -0.05) is 44.2 Å². The summed E-state index contributed by atoms with van der Waals surface area (Å²) in [6.07, 6.45) is 0. The monoisotopic (exact) mass is 312 g/mol. The second-order valence-corrected chi connectivity index (χ2v) is 8.35. The maximum absolute atomic E-state index is 12.8. The first kappa shape index (κ1) is 18.1. The minimum atomic E-state index is -3.32. The lowest BCUT2D eigenvalue weighted by molar-refractivity contribution is 0.342. The molecule has 1 N–H and O–H groups in total. The minimum Gasteiger partial charge on any atom is -0.313 e.